The Morgan fingerprint density at radius 2 is 2.05 bits per heavy atom. The summed E-state index contributed by atoms with van der Waals surface area (Å²) in [5.74, 6) is 0.440. The molecule has 1 atom stereocenters. The molecule has 0 aliphatic carbocycles. The second-order valence-corrected chi connectivity index (χ2v) is 4.21. The van der Waals surface area contributed by atoms with Gasteiger partial charge in [-0.3, -0.25) is 4.98 Å². The lowest BCUT2D eigenvalue weighted by molar-refractivity contribution is 0.0142. The summed E-state index contributed by atoms with van der Waals surface area (Å²) in [5, 5.41) is 3.30. The minimum absolute atomic E-state index is 0.128. The van der Waals surface area contributed by atoms with Gasteiger partial charge in [0.2, 0.25) is 5.88 Å². The third-order valence-corrected chi connectivity index (χ3v) is 2.65. The van der Waals surface area contributed by atoms with E-state index in [0.29, 0.717) is 18.0 Å². The third kappa shape index (κ3) is 5.75. The Labute approximate surface area is 117 Å². The zero-order valence-corrected chi connectivity index (χ0v) is 11.8. The van der Waals surface area contributed by atoms with Crippen LogP contribution >= 0.6 is 0 Å². The predicted octanol–water partition coefficient (Wildman–Crippen LogP) is 2.20. The number of hydrogen-bond acceptors (Lipinski definition) is 5. The number of nitrogens with zero attached hydrogens (tertiary/aromatic N) is 2. The van der Waals surface area contributed by atoms with E-state index in [1.165, 1.54) is 7.11 Å². The van der Waals surface area contributed by atoms with Crippen molar-refractivity contribution in [3.8, 4) is 5.88 Å². The Balaban J connectivity index is 2.62. The van der Waals surface area contributed by atoms with Gasteiger partial charge in [-0.05, 0) is 19.4 Å². The Morgan fingerprint density at radius 1 is 1.30 bits per heavy atom. The van der Waals surface area contributed by atoms with Crippen molar-refractivity contribution in [2.24, 2.45) is 0 Å². The quantitative estimate of drug-likeness (QED) is 0.669. The maximum absolute atomic E-state index is 12.0. The Hall–Kier alpha value is -1.34. The van der Waals surface area contributed by atoms with Crippen LogP contribution in [0.4, 0.5) is 8.78 Å². The average Bonchev–Trinajstić information content (AvgIpc) is 2.46. The predicted molar refractivity (Wildman–Crippen MR) is 71.1 cm³/mol. The molecule has 1 aromatic rings. The summed E-state index contributed by atoms with van der Waals surface area (Å²) < 4.78 is 34.1. The van der Waals surface area contributed by atoms with Crippen LogP contribution in [0.15, 0.2) is 12.4 Å². The summed E-state index contributed by atoms with van der Waals surface area (Å²) in [4.78, 5) is 8.36. The largest absolute Gasteiger partial charge is 0.480 e. The molecule has 5 nitrogen and oxygen atoms in total. The SMILES string of the molecule is CCCNC(CCOCC(F)F)c1nccnc1OC. The lowest BCUT2D eigenvalue weighted by atomic mass is 10.1. The number of alkyl halides is 2. The molecule has 7 heteroatoms. The fourth-order valence-electron chi connectivity index (χ4n) is 1.76. The monoisotopic (exact) mass is 289 g/mol. The maximum Gasteiger partial charge on any atom is 0.261 e. The van der Waals surface area contributed by atoms with E-state index < -0.39 is 13.0 Å². The second kappa shape index (κ2) is 9.55. The molecule has 1 unspecified atom stereocenters. The summed E-state index contributed by atoms with van der Waals surface area (Å²) in [5.41, 5.74) is 0.670. The fourth-order valence-corrected chi connectivity index (χ4v) is 1.76. The van der Waals surface area contributed by atoms with E-state index in [0.717, 1.165) is 13.0 Å². The molecule has 0 fully saturated rings. The van der Waals surface area contributed by atoms with E-state index in [-0.39, 0.29) is 12.6 Å². The molecule has 0 amide bonds. The number of methoxy groups -OCH3 is 1. The van der Waals surface area contributed by atoms with Gasteiger partial charge in [0, 0.05) is 19.0 Å². The van der Waals surface area contributed by atoms with Gasteiger partial charge < -0.3 is 14.8 Å². The zero-order valence-electron chi connectivity index (χ0n) is 11.8. The molecule has 0 aliphatic heterocycles. The van der Waals surface area contributed by atoms with Gasteiger partial charge in [-0.25, -0.2) is 13.8 Å². The van der Waals surface area contributed by atoms with Crippen LogP contribution in [0.2, 0.25) is 0 Å². The molecule has 0 spiro atoms. The van der Waals surface area contributed by atoms with Crippen molar-refractivity contribution in [3.63, 3.8) is 0 Å². The van der Waals surface area contributed by atoms with Crippen molar-refractivity contribution in [1.82, 2.24) is 15.3 Å². The minimum atomic E-state index is -2.44. The first-order valence-electron chi connectivity index (χ1n) is 6.63. The first-order valence-corrected chi connectivity index (χ1v) is 6.63. The second-order valence-electron chi connectivity index (χ2n) is 4.21. The molecule has 0 saturated heterocycles. The van der Waals surface area contributed by atoms with Crippen LogP contribution in [0.25, 0.3) is 0 Å². The lowest BCUT2D eigenvalue weighted by Crippen LogP contribution is -2.25. The highest BCUT2D eigenvalue weighted by molar-refractivity contribution is 5.21. The van der Waals surface area contributed by atoms with Crippen molar-refractivity contribution in [2.75, 3.05) is 26.9 Å². The van der Waals surface area contributed by atoms with Crippen LogP contribution in [0.5, 0.6) is 5.88 Å². The van der Waals surface area contributed by atoms with Gasteiger partial charge in [0.1, 0.15) is 12.3 Å². The summed E-state index contributed by atoms with van der Waals surface area (Å²) in [6, 6.07) is -0.128. The topological polar surface area (TPSA) is 56.3 Å². The smallest absolute Gasteiger partial charge is 0.261 e. The van der Waals surface area contributed by atoms with Crippen LogP contribution in [-0.2, 0) is 4.74 Å². The van der Waals surface area contributed by atoms with Crippen LogP contribution in [0.3, 0.4) is 0 Å². The number of nitrogens with one attached hydrogen (secondary N) is 1. The van der Waals surface area contributed by atoms with Crippen molar-refractivity contribution < 1.29 is 18.3 Å². The molecule has 0 radical (unpaired) electrons. The summed E-state index contributed by atoms with van der Waals surface area (Å²) >= 11 is 0. The normalized spacial score (nSPS) is 12.7. The summed E-state index contributed by atoms with van der Waals surface area (Å²) in [6.07, 6.45) is 2.17. The van der Waals surface area contributed by atoms with Crippen molar-refractivity contribution in [3.05, 3.63) is 18.1 Å². The van der Waals surface area contributed by atoms with Gasteiger partial charge in [0.15, 0.2) is 0 Å². The molecule has 0 bridgehead atoms. The van der Waals surface area contributed by atoms with Crippen LogP contribution in [0.1, 0.15) is 31.5 Å². The number of hydrogen-bond donors (Lipinski definition) is 1. The van der Waals surface area contributed by atoms with Crippen LogP contribution in [-0.4, -0.2) is 43.3 Å². The fraction of sp³-hybridized carbons (Fsp3) is 0.692. The molecule has 0 saturated carbocycles. The van der Waals surface area contributed by atoms with E-state index in [4.69, 9.17) is 9.47 Å². The van der Waals surface area contributed by atoms with E-state index in [1.54, 1.807) is 12.4 Å². The zero-order chi connectivity index (χ0) is 14.8. The molecule has 0 aliphatic rings. The Morgan fingerprint density at radius 3 is 2.70 bits per heavy atom. The molecule has 1 aromatic heterocycles. The van der Waals surface area contributed by atoms with Crippen molar-refractivity contribution in [2.45, 2.75) is 32.2 Å². The third-order valence-electron chi connectivity index (χ3n) is 2.65. The molecular formula is C13H21F2N3O2. The molecule has 1 N–H and O–H groups in total. The highest BCUT2D eigenvalue weighted by Crippen LogP contribution is 2.22. The van der Waals surface area contributed by atoms with E-state index >= 15 is 0 Å². The maximum atomic E-state index is 12.0. The Bertz CT molecular complexity index is 380. The first kappa shape index (κ1) is 16.7. The minimum Gasteiger partial charge on any atom is -0.480 e. The molecule has 1 heterocycles. The Kier molecular flexibility index (Phi) is 7.98. The molecule has 1 rings (SSSR count). The van der Waals surface area contributed by atoms with E-state index in [1.807, 2.05) is 6.92 Å². The summed E-state index contributed by atoms with van der Waals surface area (Å²) in [6.45, 7) is 2.52. The van der Waals surface area contributed by atoms with Crippen LogP contribution in [0, 0.1) is 0 Å². The highest BCUT2D eigenvalue weighted by Gasteiger charge is 2.18. The molecular weight excluding hydrogens is 268 g/mol. The number of halogens is 2. The first-order chi connectivity index (χ1) is 9.69. The van der Waals surface area contributed by atoms with Gasteiger partial charge in [-0.1, -0.05) is 6.92 Å². The van der Waals surface area contributed by atoms with Gasteiger partial charge in [0.05, 0.1) is 13.2 Å². The van der Waals surface area contributed by atoms with Gasteiger partial charge in [-0.15, -0.1) is 0 Å². The standard InChI is InChI=1S/C13H21F2N3O2/c1-3-5-16-10(4-8-20-9-11(14)15)12-13(19-2)18-7-6-17-12/h6-7,10-11,16H,3-5,8-9H2,1-2H3. The molecule has 20 heavy (non-hydrogen) atoms. The van der Waals surface area contributed by atoms with Gasteiger partial charge in [-0.2, -0.15) is 0 Å². The number of aromatic nitrogens is 2. The average molecular weight is 289 g/mol. The van der Waals surface area contributed by atoms with Crippen molar-refractivity contribution in [1.29, 1.82) is 0 Å². The summed E-state index contributed by atoms with van der Waals surface area (Å²) in [7, 11) is 1.53. The van der Waals surface area contributed by atoms with Crippen LogP contribution < -0.4 is 10.1 Å². The number of rotatable bonds is 10. The van der Waals surface area contributed by atoms with Crippen molar-refractivity contribution >= 4 is 0 Å². The molecule has 0 aromatic carbocycles. The van der Waals surface area contributed by atoms with E-state index in [9.17, 15) is 8.78 Å². The number of ether oxygens (including phenoxy) is 2. The van der Waals surface area contributed by atoms with E-state index in [2.05, 4.69) is 15.3 Å². The molecule has 114 valence electrons. The highest BCUT2D eigenvalue weighted by atomic mass is 19.3. The lowest BCUT2D eigenvalue weighted by Gasteiger charge is -2.19. The van der Waals surface area contributed by atoms with Gasteiger partial charge in [0.25, 0.3) is 6.43 Å². The van der Waals surface area contributed by atoms with Gasteiger partial charge >= 0.3 is 0 Å².